The largest absolute Gasteiger partial charge is 0.493 e. The minimum atomic E-state index is -0.0965. The molecular weight excluding hydrogens is 396 g/mol. The Labute approximate surface area is 184 Å². The van der Waals surface area contributed by atoms with Gasteiger partial charge < -0.3 is 23.7 Å². The van der Waals surface area contributed by atoms with Crippen LogP contribution in [0, 0.1) is 6.92 Å². The lowest BCUT2D eigenvalue weighted by Gasteiger charge is -2.26. The quantitative estimate of drug-likeness (QED) is 0.512. The Morgan fingerprint density at radius 1 is 1.00 bits per heavy atom. The molecule has 0 saturated carbocycles. The number of aryl methyl sites for hydroxylation is 1. The van der Waals surface area contributed by atoms with Crippen molar-refractivity contribution >= 4 is 11.8 Å². The number of amides is 2. The third kappa shape index (κ3) is 7.35. The Balaban J connectivity index is 2.14. The molecule has 1 aromatic carbocycles. The molecule has 0 aliphatic rings. The van der Waals surface area contributed by atoms with Crippen LogP contribution in [0.2, 0.25) is 0 Å². The maximum Gasteiger partial charge on any atom is 0.242 e. The summed E-state index contributed by atoms with van der Waals surface area (Å²) < 4.78 is 16.4. The molecular formula is C24H34N2O5. The van der Waals surface area contributed by atoms with Crippen molar-refractivity contribution in [3.8, 4) is 11.5 Å². The van der Waals surface area contributed by atoms with E-state index in [4.69, 9.17) is 13.9 Å². The first-order valence-corrected chi connectivity index (χ1v) is 10.7. The average Bonchev–Trinajstić information content (AvgIpc) is 3.17. The second kappa shape index (κ2) is 12.0. The summed E-state index contributed by atoms with van der Waals surface area (Å²) in [6.07, 6.45) is 2.48. The fourth-order valence-electron chi connectivity index (χ4n) is 3.31. The second-order valence-electron chi connectivity index (χ2n) is 7.56. The predicted molar refractivity (Wildman–Crippen MR) is 119 cm³/mol. The molecule has 170 valence electrons. The number of furan rings is 1. The van der Waals surface area contributed by atoms with Gasteiger partial charge in [-0.25, -0.2) is 0 Å². The molecule has 1 heterocycles. The molecule has 31 heavy (non-hydrogen) atoms. The summed E-state index contributed by atoms with van der Waals surface area (Å²) >= 11 is 0. The molecule has 0 aliphatic heterocycles. The predicted octanol–water partition coefficient (Wildman–Crippen LogP) is 3.83. The van der Waals surface area contributed by atoms with Gasteiger partial charge in [-0.2, -0.15) is 0 Å². The number of methoxy groups -OCH3 is 2. The summed E-state index contributed by atoms with van der Waals surface area (Å²) in [7, 11) is 3.20. The highest BCUT2D eigenvalue weighted by atomic mass is 16.5. The van der Waals surface area contributed by atoms with Gasteiger partial charge in [-0.1, -0.05) is 19.4 Å². The van der Waals surface area contributed by atoms with Crippen molar-refractivity contribution in [3.05, 3.63) is 47.4 Å². The number of nitrogens with zero attached hydrogens (tertiary/aromatic N) is 2. The van der Waals surface area contributed by atoms with E-state index in [1.54, 1.807) is 24.0 Å². The first kappa shape index (κ1) is 24.3. The van der Waals surface area contributed by atoms with E-state index < -0.39 is 0 Å². The first-order chi connectivity index (χ1) is 14.9. The maximum absolute atomic E-state index is 13.1. The zero-order valence-electron chi connectivity index (χ0n) is 19.3. The van der Waals surface area contributed by atoms with Crippen molar-refractivity contribution in [1.82, 2.24) is 9.80 Å². The third-order valence-electron chi connectivity index (χ3n) is 5.17. The molecule has 0 radical (unpaired) electrons. The molecule has 7 heteroatoms. The summed E-state index contributed by atoms with van der Waals surface area (Å²) in [5.41, 5.74) is 1.03. The lowest BCUT2D eigenvalue weighted by Crippen LogP contribution is -2.43. The summed E-state index contributed by atoms with van der Waals surface area (Å²) in [6.45, 7) is 6.96. The normalized spacial score (nSPS) is 10.6. The van der Waals surface area contributed by atoms with Gasteiger partial charge in [-0.05, 0) is 49.6 Å². The van der Waals surface area contributed by atoms with Gasteiger partial charge in [-0.3, -0.25) is 9.59 Å². The number of rotatable bonds is 12. The number of unbranched alkanes of at least 4 members (excludes halogenated alkanes) is 1. The first-order valence-electron chi connectivity index (χ1n) is 10.7. The molecule has 0 saturated heterocycles. The van der Waals surface area contributed by atoms with Crippen LogP contribution in [-0.4, -0.2) is 55.5 Å². The van der Waals surface area contributed by atoms with E-state index in [-0.39, 0.29) is 18.4 Å². The van der Waals surface area contributed by atoms with Crippen molar-refractivity contribution in [2.75, 3.05) is 33.9 Å². The Morgan fingerprint density at radius 3 is 2.32 bits per heavy atom. The van der Waals surface area contributed by atoms with E-state index in [2.05, 4.69) is 6.92 Å². The Morgan fingerprint density at radius 2 is 1.74 bits per heavy atom. The molecule has 0 bridgehead atoms. The van der Waals surface area contributed by atoms with E-state index in [1.165, 1.54) is 6.92 Å². The third-order valence-corrected chi connectivity index (χ3v) is 5.17. The highest BCUT2D eigenvalue weighted by molar-refractivity contribution is 5.83. The van der Waals surface area contributed by atoms with Crippen LogP contribution >= 0.6 is 0 Å². The van der Waals surface area contributed by atoms with Gasteiger partial charge in [0.1, 0.15) is 11.5 Å². The van der Waals surface area contributed by atoms with Crippen molar-refractivity contribution in [3.63, 3.8) is 0 Å². The summed E-state index contributed by atoms with van der Waals surface area (Å²) in [5, 5.41) is 0. The Hall–Kier alpha value is -2.96. The fraction of sp³-hybridized carbons (Fsp3) is 0.500. The van der Waals surface area contributed by atoms with Crippen LogP contribution in [0.1, 0.15) is 43.8 Å². The molecule has 0 spiro atoms. The lowest BCUT2D eigenvalue weighted by atomic mass is 10.1. The lowest BCUT2D eigenvalue weighted by molar-refractivity contribution is -0.140. The van der Waals surface area contributed by atoms with E-state index in [0.29, 0.717) is 37.6 Å². The zero-order valence-corrected chi connectivity index (χ0v) is 19.3. The second-order valence-corrected chi connectivity index (χ2v) is 7.56. The van der Waals surface area contributed by atoms with Crippen molar-refractivity contribution in [2.45, 2.75) is 46.6 Å². The molecule has 2 aromatic rings. The molecule has 0 N–H and O–H groups in total. The number of carbonyl (C=O) groups is 2. The van der Waals surface area contributed by atoms with Gasteiger partial charge in [0.15, 0.2) is 11.5 Å². The number of carbonyl (C=O) groups excluding carboxylic acids is 2. The van der Waals surface area contributed by atoms with Crippen LogP contribution in [0.4, 0.5) is 0 Å². The van der Waals surface area contributed by atoms with Gasteiger partial charge in [0.2, 0.25) is 11.8 Å². The van der Waals surface area contributed by atoms with Crippen LogP contribution in [-0.2, 0) is 22.6 Å². The van der Waals surface area contributed by atoms with Crippen LogP contribution < -0.4 is 9.47 Å². The van der Waals surface area contributed by atoms with E-state index in [0.717, 1.165) is 29.9 Å². The Bertz CT molecular complexity index is 861. The highest BCUT2D eigenvalue weighted by Gasteiger charge is 2.20. The van der Waals surface area contributed by atoms with Gasteiger partial charge >= 0.3 is 0 Å². The minimum absolute atomic E-state index is 0.0704. The van der Waals surface area contributed by atoms with E-state index in [1.807, 2.05) is 37.3 Å². The number of benzene rings is 1. The Kier molecular flexibility index (Phi) is 9.43. The monoisotopic (exact) mass is 430 g/mol. The van der Waals surface area contributed by atoms with Crippen LogP contribution in [0.15, 0.2) is 34.7 Å². The van der Waals surface area contributed by atoms with Crippen LogP contribution in [0.25, 0.3) is 0 Å². The van der Waals surface area contributed by atoms with Gasteiger partial charge in [0.25, 0.3) is 0 Å². The zero-order chi connectivity index (χ0) is 22.8. The van der Waals surface area contributed by atoms with Crippen molar-refractivity contribution in [1.29, 1.82) is 0 Å². The molecule has 0 unspecified atom stereocenters. The highest BCUT2D eigenvalue weighted by Crippen LogP contribution is 2.27. The SMILES string of the molecule is CCCCN(CC(=O)N(CCc1ccc(OC)c(OC)c1)Cc1ccc(C)o1)C(C)=O. The van der Waals surface area contributed by atoms with E-state index in [9.17, 15) is 9.59 Å². The smallest absolute Gasteiger partial charge is 0.242 e. The number of ether oxygens (including phenoxy) is 2. The van der Waals surface area contributed by atoms with Crippen LogP contribution in [0.3, 0.4) is 0 Å². The van der Waals surface area contributed by atoms with Gasteiger partial charge in [-0.15, -0.1) is 0 Å². The number of hydrogen-bond donors (Lipinski definition) is 0. The van der Waals surface area contributed by atoms with Crippen LogP contribution in [0.5, 0.6) is 11.5 Å². The van der Waals surface area contributed by atoms with Gasteiger partial charge in [0.05, 0.1) is 27.3 Å². The molecule has 0 aliphatic carbocycles. The molecule has 2 rings (SSSR count). The summed E-state index contributed by atoms with van der Waals surface area (Å²) in [5.74, 6) is 2.66. The fourth-order valence-corrected chi connectivity index (χ4v) is 3.31. The average molecular weight is 431 g/mol. The van der Waals surface area contributed by atoms with E-state index >= 15 is 0 Å². The minimum Gasteiger partial charge on any atom is -0.493 e. The van der Waals surface area contributed by atoms with Gasteiger partial charge in [0, 0.05) is 20.0 Å². The van der Waals surface area contributed by atoms with Crippen molar-refractivity contribution in [2.24, 2.45) is 0 Å². The van der Waals surface area contributed by atoms with Crippen molar-refractivity contribution < 1.29 is 23.5 Å². The molecule has 0 atom stereocenters. The molecule has 1 aromatic heterocycles. The standard InChI is InChI=1S/C24H34N2O5/c1-6-7-13-25(19(3)27)17-24(28)26(16-21-10-8-18(2)31-21)14-12-20-9-11-22(29-4)23(15-20)30-5/h8-11,15H,6-7,12-14,16-17H2,1-5H3. The molecule has 2 amide bonds. The molecule has 0 fully saturated rings. The maximum atomic E-state index is 13.1. The topological polar surface area (TPSA) is 72.2 Å². The number of hydrogen-bond acceptors (Lipinski definition) is 5. The summed E-state index contributed by atoms with van der Waals surface area (Å²) in [4.78, 5) is 28.5. The summed E-state index contributed by atoms with van der Waals surface area (Å²) in [6, 6.07) is 9.51. The molecule has 7 nitrogen and oxygen atoms in total.